The molecule has 1 heterocycles. The van der Waals surface area contributed by atoms with Gasteiger partial charge in [0, 0.05) is 12.5 Å². The second kappa shape index (κ2) is 3.92. The third kappa shape index (κ3) is 1.52. The van der Waals surface area contributed by atoms with E-state index in [1.165, 1.54) is 24.0 Å². The van der Waals surface area contributed by atoms with Crippen LogP contribution in [0, 0.1) is 11.3 Å². The van der Waals surface area contributed by atoms with E-state index in [4.69, 9.17) is 5.26 Å². The van der Waals surface area contributed by atoms with Crippen LogP contribution in [0.2, 0.25) is 0 Å². The summed E-state index contributed by atoms with van der Waals surface area (Å²) >= 11 is 0. The third-order valence-corrected chi connectivity index (χ3v) is 3.93. The lowest BCUT2D eigenvalue weighted by atomic mass is 9.77. The minimum Gasteiger partial charge on any atom is -0.287 e. The van der Waals surface area contributed by atoms with Crippen molar-refractivity contribution in [2.45, 2.75) is 31.2 Å². The highest BCUT2D eigenvalue weighted by atomic mass is 15.2. The molecule has 0 radical (unpaired) electrons. The topological polar surface area (TPSA) is 27.0 Å². The van der Waals surface area contributed by atoms with Gasteiger partial charge in [0.05, 0.1) is 12.1 Å². The maximum absolute atomic E-state index is 9.04. The van der Waals surface area contributed by atoms with E-state index in [1.807, 2.05) is 0 Å². The van der Waals surface area contributed by atoms with Crippen molar-refractivity contribution in [3.8, 4) is 6.07 Å². The molecule has 0 aromatic heterocycles. The maximum atomic E-state index is 9.04. The highest BCUT2D eigenvalue weighted by Crippen LogP contribution is 2.36. The minimum atomic E-state index is 0.174. The fourth-order valence-corrected chi connectivity index (χ4v) is 3.00. The molecule has 0 spiro atoms. The lowest BCUT2D eigenvalue weighted by Gasteiger charge is -2.34. The molecule has 0 N–H and O–H groups in total. The number of benzene rings is 1. The summed E-state index contributed by atoms with van der Waals surface area (Å²) < 4.78 is 0. The van der Waals surface area contributed by atoms with Crippen molar-refractivity contribution >= 4 is 0 Å². The molecule has 16 heavy (non-hydrogen) atoms. The molecule has 2 aliphatic rings. The summed E-state index contributed by atoms with van der Waals surface area (Å²) in [6.07, 6.45) is 3.45. The predicted octanol–water partition coefficient (Wildman–Crippen LogP) is 2.31. The smallest absolute Gasteiger partial charge is 0.0978 e. The molecule has 3 rings (SSSR count). The first-order chi connectivity index (χ1) is 7.88. The molecule has 2 heteroatoms. The molecule has 0 amide bonds. The van der Waals surface area contributed by atoms with Crippen LogP contribution in [0.15, 0.2) is 24.3 Å². The van der Waals surface area contributed by atoms with Crippen molar-refractivity contribution in [2.75, 3.05) is 13.1 Å². The monoisotopic (exact) mass is 212 g/mol. The number of nitrogens with zero attached hydrogens (tertiary/aromatic N) is 2. The van der Waals surface area contributed by atoms with Gasteiger partial charge >= 0.3 is 0 Å². The van der Waals surface area contributed by atoms with Crippen molar-refractivity contribution < 1.29 is 0 Å². The molecule has 1 aromatic rings. The highest BCUT2D eigenvalue weighted by molar-refractivity contribution is 5.40. The lowest BCUT2D eigenvalue weighted by Crippen LogP contribution is -2.36. The molecule has 1 saturated heterocycles. The number of hydrogen-bond acceptors (Lipinski definition) is 2. The minimum absolute atomic E-state index is 0.174. The SMILES string of the molecule is N#CC1CCCN1CC1Cc2ccccc21. The Kier molecular flexibility index (Phi) is 2.41. The Balaban J connectivity index is 1.68. The van der Waals surface area contributed by atoms with Gasteiger partial charge in [-0.25, -0.2) is 0 Å². The largest absolute Gasteiger partial charge is 0.287 e. The zero-order valence-corrected chi connectivity index (χ0v) is 9.39. The van der Waals surface area contributed by atoms with E-state index in [-0.39, 0.29) is 6.04 Å². The van der Waals surface area contributed by atoms with Crippen LogP contribution < -0.4 is 0 Å². The Morgan fingerprint density at radius 3 is 3.06 bits per heavy atom. The van der Waals surface area contributed by atoms with Crippen molar-refractivity contribution in [3.05, 3.63) is 35.4 Å². The molecule has 0 bridgehead atoms. The van der Waals surface area contributed by atoms with E-state index >= 15 is 0 Å². The van der Waals surface area contributed by atoms with Crippen LogP contribution in [-0.4, -0.2) is 24.0 Å². The van der Waals surface area contributed by atoms with Gasteiger partial charge in [0.15, 0.2) is 0 Å². The Bertz CT molecular complexity index is 433. The molecule has 1 aliphatic heterocycles. The molecule has 1 fully saturated rings. The quantitative estimate of drug-likeness (QED) is 0.752. The first-order valence-electron chi connectivity index (χ1n) is 6.10. The van der Waals surface area contributed by atoms with E-state index in [2.05, 4.69) is 35.2 Å². The van der Waals surface area contributed by atoms with Crippen LogP contribution >= 0.6 is 0 Å². The normalized spacial score (nSPS) is 28.2. The molecular weight excluding hydrogens is 196 g/mol. The van der Waals surface area contributed by atoms with E-state index in [1.54, 1.807) is 0 Å². The van der Waals surface area contributed by atoms with Gasteiger partial charge < -0.3 is 0 Å². The molecule has 1 aliphatic carbocycles. The van der Waals surface area contributed by atoms with Crippen LogP contribution in [0.25, 0.3) is 0 Å². The molecule has 2 nitrogen and oxygen atoms in total. The Morgan fingerprint density at radius 1 is 1.38 bits per heavy atom. The number of likely N-dealkylation sites (tertiary alicyclic amines) is 1. The van der Waals surface area contributed by atoms with Crippen molar-refractivity contribution in [1.82, 2.24) is 4.90 Å². The van der Waals surface area contributed by atoms with E-state index in [0.717, 1.165) is 19.5 Å². The summed E-state index contributed by atoms with van der Waals surface area (Å²) in [5.41, 5.74) is 3.01. The number of fused-ring (bicyclic) bond motifs is 1. The highest BCUT2D eigenvalue weighted by Gasteiger charge is 2.31. The summed E-state index contributed by atoms with van der Waals surface area (Å²) in [6, 6.07) is 11.3. The van der Waals surface area contributed by atoms with Crippen molar-refractivity contribution in [3.63, 3.8) is 0 Å². The lowest BCUT2D eigenvalue weighted by molar-refractivity contribution is 0.265. The summed E-state index contributed by atoms with van der Waals surface area (Å²) in [6.45, 7) is 2.19. The van der Waals surface area contributed by atoms with Crippen LogP contribution in [0.1, 0.15) is 29.9 Å². The summed E-state index contributed by atoms with van der Waals surface area (Å²) in [4.78, 5) is 2.36. The van der Waals surface area contributed by atoms with Crippen LogP contribution in [0.3, 0.4) is 0 Å². The maximum Gasteiger partial charge on any atom is 0.0978 e. The zero-order valence-electron chi connectivity index (χ0n) is 9.39. The predicted molar refractivity (Wildman–Crippen MR) is 63.1 cm³/mol. The molecule has 2 atom stereocenters. The number of hydrogen-bond donors (Lipinski definition) is 0. The second-order valence-electron chi connectivity index (χ2n) is 4.88. The average molecular weight is 212 g/mol. The first kappa shape index (κ1) is 9.86. The molecule has 0 saturated carbocycles. The van der Waals surface area contributed by atoms with E-state index in [0.29, 0.717) is 5.92 Å². The Morgan fingerprint density at radius 2 is 2.25 bits per heavy atom. The molecule has 2 unspecified atom stereocenters. The van der Waals surface area contributed by atoms with E-state index < -0.39 is 0 Å². The van der Waals surface area contributed by atoms with Crippen LogP contribution in [-0.2, 0) is 6.42 Å². The van der Waals surface area contributed by atoms with Crippen molar-refractivity contribution in [1.29, 1.82) is 5.26 Å². The fraction of sp³-hybridized carbons (Fsp3) is 0.500. The first-order valence-corrected chi connectivity index (χ1v) is 6.10. The van der Waals surface area contributed by atoms with E-state index in [9.17, 15) is 0 Å². The number of rotatable bonds is 2. The Labute approximate surface area is 96.5 Å². The summed E-state index contributed by atoms with van der Waals surface area (Å²) in [7, 11) is 0. The van der Waals surface area contributed by atoms with Gasteiger partial charge in [-0.3, -0.25) is 4.90 Å². The van der Waals surface area contributed by atoms with Gasteiger partial charge in [-0.05, 0) is 36.9 Å². The third-order valence-electron chi connectivity index (χ3n) is 3.93. The molecule has 1 aromatic carbocycles. The number of nitriles is 1. The Hall–Kier alpha value is -1.33. The van der Waals surface area contributed by atoms with Crippen molar-refractivity contribution in [2.24, 2.45) is 0 Å². The van der Waals surface area contributed by atoms with Gasteiger partial charge in [-0.2, -0.15) is 5.26 Å². The van der Waals surface area contributed by atoms with Gasteiger partial charge in [-0.15, -0.1) is 0 Å². The van der Waals surface area contributed by atoms with Gasteiger partial charge in [0.2, 0.25) is 0 Å². The van der Waals surface area contributed by atoms with Crippen LogP contribution in [0.5, 0.6) is 0 Å². The standard InChI is InChI=1S/C14H16N2/c15-9-13-5-3-7-16(13)10-12-8-11-4-1-2-6-14(11)12/h1-2,4,6,12-13H,3,5,7-8,10H2. The van der Waals surface area contributed by atoms with Gasteiger partial charge in [0.25, 0.3) is 0 Å². The molecular formula is C14H16N2. The molecule has 82 valence electrons. The van der Waals surface area contributed by atoms with Gasteiger partial charge in [-0.1, -0.05) is 24.3 Å². The second-order valence-corrected chi connectivity index (χ2v) is 4.88. The average Bonchev–Trinajstić information content (AvgIpc) is 2.73. The summed E-state index contributed by atoms with van der Waals surface area (Å²) in [5, 5.41) is 9.04. The zero-order chi connectivity index (χ0) is 11.0. The fourth-order valence-electron chi connectivity index (χ4n) is 3.00. The summed E-state index contributed by atoms with van der Waals surface area (Å²) in [5.74, 6) is 0.671. The van der Waals surface area contributed by atoms with Crippen LogP contribution in [0.4, 0.5) is 0 Å². The van der Waals surface area contributed by atoms with Gasteiger partial charge in [0.1, 0.15) is 0 Å².